The smallest absolute Gasteiger partial charge is 0.328 e. The summed E-state index contributed by atoms with van der Waals surface area (Å²) in [6.45, 7) is 1.72. The Hall–Kier alpha value is -2.61. The van der Waals surface area contributed by atoms with Gasteiger partial charge < -0.3 is 20.6 Å². The van der Waals surface area contributed by atoms with Crippen molar-refractivity contribution in [3.05, 3.63) is 35.9 Å². The van der Waals surface area contributed by atoms with Gasteiger partial charge in [0.1, 0.15) is 12.6 Å². The van der Waals surface area contributed by atoms with Gasteiger partial charge in [0.25, 0.3) is 0 Å². The first kappa shape index (κ1) is 18.7. The number of carbonyl (C=O) groups excluding carboxylic acids is 2. The van der Waals surface area contributed by atoms with Crippen LogP contribution in [0.1, 0.15) is 12.0 Å². The van der Waals surface area contributed by atoms with E-state index in [9.17, 15) is 14.4 Å². The number of rotatable bonds is 7. The summed E-state index contributed by atoms with van der Waals surface area (Å²) in [7, 11) is 2.00. The molecule has 0 aliphatic carbocycles. The first-order chi connectivity index (χ1) is 12.0. The highest BCUT2D eigenvalue weighted by atomic mass is 16.4. The Kier molecular flexibility index (Phi) is 6.76. The fourth-order valence-electron chi connectivity index (χ4n) is 2.70. The average molecular weight is 348 g/mol. The molecule has 2 rings (SSSR count). The molecule has 1 aliphatic rings. The number of nitrogens with zero attached hydrogens (tertiary/aromatic N) is 2. The van der Waals surface area contributed by atoms with E-state index in [4.69, 9.17) is 5.11 Å². The Labute approximate surface area is 146 Å². The van der Waals surface area contributed by atoms with Gasteiger partial charge in [-0.2, -0.15) is 0 Å². The fourth-order valence-corrected chi connectivity index (χ4v) is 2.70. The van der Waals surface area contributed by atoms with Crippen LogP contribution < -0.4 is 10.6 Å². The number of amides is 3. The van der Waals surface area contributed by atoms with E-state index >= 15 is 0 Å². The molecule has 1 fully saturated rings. The topological polar surface area (TPSA) is 102 Å². The lowest BCUT2D eigenvalue weighted by Crippen LogP contribution is -2.61. The number of carbonyl (C=O) groups is 3. The van der Waals surface area contributed by atoms with Gasteiger partial charge in [0.15, 0.2) is 0 Å². The molecule has 0 aromatic heterocycles. The quantitative estimate of drug-likeness (QED) is 0.607. The van der Waals surface area contributed by atoms with Crippen LogP contribution in [0.5, 0.6) is 0 Å². The average Bonchev–Trinajstić information content (AvgIpc) is 2.59. The molecule has 8 nitrogen and oxygen atoms in total. The highest BCUT2D eigenvalue weighted by Crippen LogP contribution is 2.05. The van der Waals surface area contributed by atoms with Crippen LogP contribution in [-0.4, -0.2) is 72.1 Å². The molecule has 1 aromatic rings. The van der Waals surface area contributed by atoms with Gasteiger partial charge in [-0.1, -0.05) is 30.3 Å². The van der Waals surface area contributed by atoms with Gasteiger partial charge in [0.05, 0.1) is 0 Å². The van der Waals surface area contributed by atoms with Gasteiger partial charge >= 0.3 is 12.0 Å². The van der Waals surface area contributed by atoms with Crippen LogP contribution in [-0.2, 0) is 16.1 Å². The van der Waals surface area contributed by atoms with Crippen LogP contribution >= 0.6 is 0 Å². The Bertz CT molecular complexity index is 608. The van der Waals surface area contributed by atoms with Crippen LogP contribution in [0.4, 0.5) is 4.79 Å². The first-order valence-electron chi connectivity index (χ1n) is 8.24. The summed E-state index contributed by atoms with van der Waals surface area (Å²) in [6.07, 6.45) is 0.729. The van der Waals surface area contributed by atoms with E-state index in [1.165, 1.54) is 5.56 Å². The Morgan fingerprint density at radius 2 is 2.08 bits per heavy atom. The van der Waals surface area contributed by atoms with Gasteiger partial charge in [0, 0.05) is 19.6 Å². The van der Waals surface area contributed by atoms with E-state index in [2.05, 4.69) is 27.7 Å². The van der Waals surface area contributed by atoms with Crippen molar-refractivity contribution in [2.24, 2.45) is 0 Å². The van der Waals surface area contributed by atoms with Crippen LogP contribution in [0.3, 0.4) is 0 Å². The number of hydrogen-bond donors (Lipinski definition) is 3. The maximum atomic E-state index is 12.2. The zero-order valence-electron chi connectivity index (χ0n) is 14.3. The number of nitrogens with one attached hydrogen (secondary N) is 2. The summed E-state index contributed by atoms with van der Waals surface area (Å²) in [5.74, 6) is -1.48. The SMILES string of the molecule is CN(CCCNC(=O)N1CC(=O)NCC1C(=O)O)Cc1ccccc1. The molecular formula is C17H24N4O4. The molecule has 0 spiro atoms. The predicted molar refractivity (Wildman–Crippen MR) is 91.9 cm³/mol. The summed E-state index contributed by atoms with van der Waals surface area (Å²) >= 11 is 0. The molecule has 0 radical (unpaired) electrons. The molecule has 8 heteroatoms. The molecule has 3 N–H and O–H groups in total. The van der Waals surface area contributed by atoms with Crippen molar-refractivity contribution in [2.75, 3.05) is 33.2 Å². The van der Waals surface area contributed by atoms with Crippen molar-refractivity contribution < 1.29 is 19.5 Å². The second-order valence-corrected chi connectivity index (χ2v) is 6.09. The van der Waals surface area contributed by atoms with E-state index in [0.29, 0.717) is 6.54 Å². The van der Waals surface area contributed by atoms with Crippen LogP contribution in [0.25, 0.3) is 0 Å². The fraction of sp³-hybridized carbons (Fsp3) is 0.471. The molecule has 0 bridgehead atoms. The Morgan fingerprint density at radius 1 is 1.36 bits per heavy atom. The van der Waals surface area contributed by atoms with Crippen molar-refractivity contribution in [3.63, 3.8) is 0 Å². The molecular weight excluding hydrogens is 324 g/mol. The second kappa shape index (κ2) is 9.03. The zero-order valence-corrected chi connectivity index (χ0v) is 14.3. The lowest BCUT2D eigenvalue weighted by molar-refractivity contribution is -0.144. The summed E-state index contributed by atoms with van der Waals surface area (Å²) in [5.41, 5.74) is 1.22. The van der Waals surface area contributed by atoms with Gasteiger partial charge in [-0.3, -0.25) is 9.69 Å². The number of carboxylic acid groups (broad SMARTS) is 1. The lowest BCUT2D eigenvalue weighted by Gasteiger charge is -2.32. The van der Waals surface area contributed by atoms with Crippen molar-refractivity contribution in [1.29, 1.82) is 0 Å². The van der Waals surface area contributed by atoms with Gasteiger partial charge in [-0.25, -0.2) is 9.59 Å². The number of urea groups is 1. The Morgan fingerprint density at radius 3 is 2.76 bits per heavy atom. The number of benzene rings is 1. The van der Waals surface area contributed by atoms with Crippen LogP contribution in [0, 0.1) is 0 Å². The molecule has 25 heavy (non-hydrogen) atoms. The minimum absolute atomic E-state index is 0.0681. The van der Waals surface area contributed by atoms with Gasteiger partial charge in [-0.15, -0.1) is 0 Å². The molecule has 1 unspecified atom stereocenters. The van der Waals surface area contributed by atoms with E-state index in [-0.39, 0.29) is 19.0 Å². The van der Waals surface area contributed by atoms with Crippen molar-refractivity contribution >= 4 is 17.9 Å². The minimum atomic E-state index is -1.13. The highest BCUT2D eigenvalue weighted by molar-refractivity contribution is 5.90. The van der Waals surface area contributed by atoms with Crippen molar-refractivity contribution in [3.8, 4) is 0 Å². The second-order valence-electron chi connectivity index (χ2n) is 6.09. The van der Waals surface area contributed by atoms with Crippen molar-refractivity contribution in [1.82, 2.24) is 20.4 Å². The molecule has 1 aromatic carbocycles. The third kappa shape index (κ3) is 5.75. The number of hydrogen-bond acceptors (Lipinski definition) is 4. The molecule has 0 saturated carbocycles. The summed E-state index contributed by atoms with van der Waals surface area (Å²) in [6, 6.07) is 8.54. The maximum Gasteiger partial charge on any atom is 0.328 e. The van der Waals surface area contributed by atoms with E-state index in [1.54, 1.807) is 0 Å². The van der Waals surface area contributed by atoms with E-state index in [0.717, 1.165) is 24.4 Å². The largest absolute Gasteiger partial charge is 0.480 e. The molecule has 136 valence electrons. The summed E-state index contributed by atoms with van der Waals surface area (Å²) in [5, 5.41) is 14.3. The van der Waals surface area contributed by atoms with Crippen LogP contribution in [0.15, 0.2) is 30.3 Å². The van der Waals surface area contributed by atoms with E-state index in [1.807, 2.05) is 25.2 Å². The van der Waals surface area contributed by atoms with Crippen LogP contribution in [0.2, 0.25) is 0 Å². The lowest BCUT2D eigenvalue weighted by atomic mass is 10.2. The molecule has 1 atom stereocenters. The molecule has 1 heterocycles. The standard InChI is InChI=1S/C17H24N4O4/c1-20(11-13-6-3-2-4-7-13)9-5-8-18-17(25)21-12-15(22)19-10-14(21)16(23)24/h2-4,6-7,14H,5,8-12H2,1H3,(H,18,25)(H,19,22)(H,23,24). The third-order valence-electron chi connectivity index (χ3n) is 4.02. The monoisotopic (exact) mass is 348 g/mol. The maximum absolute atomic E-state index is 12.2. The van der Waals surface area contributed by atoms with Gasteiger partial charge in [0.2, 0.25) is 5.91 Å². The van der Waals surface area contributed by atoms with Gasteiger partial charge in [-0.05, 0) is 25.6 Å². The van der Waals surface area contributed by atoms with E-state index < -0.39 is 18.0 Å². The molecule has 1 saturated heterocycles. The third-order valence-corrected chi connectivity index (χ3v) is 4.02. The number of piperazine rings is 1. The molecule has 3 amide bonds. The first-order valence-corrected chi connectivity index (χ1v) is 8.24. The molecule has 1 aliphatic heterocycles. The van der Waals surface area contributed by atoms with Crippen molar-refractivity contribution in [2.45, 2.75) is 19.0 Å². The normalized spacial score (nSPS) is 17.3. The summed E-state index contributed by atoms with van der Waals surface area (Å²) < 4.78 is 0. The summed E-state index contributed by atoms with van der Waals surface area (Å²) in [4.78, 5) is 38.0. The predicted octanol–water partition coefficient (Wildman–Crippen LogP) is 0.103. The number of aliphatic carboxylic acids is 1. The highest BCUT2D eigenvalue weighted by Gasteiger charge is 2.34. The number of carboxylic acids is 1. The Balaban J connectivity index is 1.72. The minimum Gasteiger partial charge on any atom is -0.480 e. The zero-order chi connectivity index (χ0) is 18.2.